The standard InChI is InChI=1S/C9H8FN5O2/c1-17-9-13-8(14-15-9)12-7(16)5-2-6(10)4-11-3-5/h2-4H,1H3,(H2,12,13,14,15,16). The van der Waals surface area contributed by atoms with Crippen LogP contribution in [0.5, 0.6) is 6.01 Å². The van der Waals surface area contributed by atoms with Gasteiger partial charge in [0, 0.05) is 6.20 Å². The van der Waals surface area contributed by atoms with Gasteiger partial charge in [-0.2, -0.15) is 4.98 Å². The number of aromatic amines is 1. The second kappa shape index (κ2) is 4.56. The maximum absolute atomic E-state index is 12.8. The fourth-order valence-electron chi connectivity index (χ4n) is 1.11. The Balaban J connectivity index is 2.11. The number of anilines is 1. The molecule has 0 saturated carbocycles. The Hall–Kier alpha value is -2.51. The highest BCUT2D eigenvalue weighted by Crippen LogP contribution is 2.07. The second-order valence-electron chi connectivity index (χ2n) is 3.02. The van der Waals surface area contributed by atoms with Gasteiger partial charge in [0.2, 0.25) is 5.95 Å². The van der Waals surface area contributed by atoms with E-state index in [0.29, 0.717) is 0 Å². The predicted octanol–water partition coefficient (Wildman–Crippen LogP) is 0.600. The third-order valence-electron chi connectivity index (χ3n) is 1.85. The van der Waals surface area contributed by atoms with Crippen molar-refractivity contribution < 1.29 is 13.9 Å². The minimum Gasteiger partial charge on any atom is -0.466 e. The first-order valence-corrected chi connectivity index (χ1v) is 4.57. The summed E-state index contributed by atoms with van der Waals surface area (Å²) in [6.07, 6.45) is 2.25. The lowest BCUT2D eigenvalue weighted by molar-refractivity contribution is 0.102. The van der Waals surface area contributed by atoms with E-state index in [1.807, 2.05) is 0 Å². The number of nitrogens with one attached hydrogen (secondary N) is 2. The summed E-state index contributed by atoms with van der Waals surface area (Å²) in [7, 11) is 1.39. The Labute approximate surface area is 95.0 Å². The first kappa shape index (κ1) is 11.0. The van der Waals surface area contributed by atoms with Crippen molar-refractivity contribution in [2.45, 2.75) is 0 Å². The lowest BCUT2D eigenvalue weighted by Gasteiger charge is -2.00. The highest BCUT2D eigenvalue weighted by molar-refractivity contribution is 6.03. The van der Waals surface area contributed by atoms with Crippen LogP contribution < -0.4 is 10.1 Å². The molecule has 0 atom stereocenters. The van der Waals surface area contributed by atoms with Crippen LogP contribution in [0, 0.1) is 5.82 Å². The summed E-state index contributed by atoms with van der Waals surface area (Å²) in [6.45, 7) is 0. The molecule has 2 heterocycles. The van der Waals surface area contributed by atoms with Crippen LogP contribution in [0.15, 0.2) is 18.5 Å². The number of hydrogen-bond acceptors (Lipinski definition) is 5. The summed E-state index contributed by atoms with van der Waals surface area (Å²) in [6, 6.07) is 1.16. The molecule has 0 aliphatic carbocycles. The number of nitrogens with zero attached hydrogens (tertiary/aromatic N) is 3. The first-order valence-electron chi connectivity index (χ1n) is 4.57. The van der Waals surface area contributed by atoms with Crippen molar-refractivity contribution in [1.29, 1.82) is 0 Å². The molecule has 0 aromatic carbocycles. The van der Waals surface area contributed by atoms with Crippen LogP contribution in [0.2, 0.25) is 0 Å². The molecule has 0 bridgehead atoms. The SMILES string of the molecule is COc1n[nH]c(NC(=O)c2cncc(F)c2)n1. The maximum atomic E-state index is 12.8. The summed E-state index contributed by atoms with van der Waals surface area (Å²) in [4.78, 5) is 19.0. The number of H-pyrrole nitrogens is 1. The van der Waals surface area contributed by atoms with Gasteiger partial charge in [-0.3, -0.25) is 15.1 Å². The lowest BCUT2D eigenvalue weighted by Crippen LogP contribution is -2.13. The molecule has 2 rings (SSSR count). The average Bonchev–Trinajstić information content (AvgIpc) is 2.77. The van der Waals surface area contributed by atoms with Gasteiger partial charge in [0.25, 0.3) is 5.91 Å². The molecule has 0 saturated heterocycles. The van der Waals surface area contributed by atoms with E-state index < -0.39 is 11.7 Å². The molecule has 2 aromatic heterocycles. The third-order valence-corrected chi connectivity index (χ3v) is 1.85. The maximum Gasteiger partial charge on any atom is 0.336 e. The van der Waals surface area contributed by atoms with Gasteiger partial charge >= 0.3 is 6.01 Å². The van der Waals surface area contributed by atoms with Crippen molar-refractivity contribution in [3.05, 3.63) is 29.8 Å². The first-order chi connectivity index (χ1) is 8.19. The normalized spacial score (nSPS) is 10.0. The van der Waals surface area contributed by atoms with Crippen molar-refractivity contribution in [2.24, 2.45) is 0 Å². The van der Waals surface area contributed by atoms with Crippen LogP contribution in [-0.2, 0) is 0 Å². The summed E-state index contributed by atoms with van der Waals surface area (Å²) in [5.74, 6) is -1.03. The van der Waals surface area contributed by atoms with Crippen molar-refractivity contribution in [3.63, 3.8) is 0 Å². The molecule has 0 unspecified atom stereocenters. The van der Waals surface area contributed by atoms with Crippen molar-refractivity contribution in [2.75, 3.05) is 12.4 Å². The molecule has 0 spiro atoms. The zero-order valence-corrected chi connectivity index (χ0v) is 8.77. The van der Waals surface area contributed by atoms with E-state index in [2.05, 4.69) is 25.5 Å². The number of halogens is 1. The third kappa shape index (κ3) is 2.54. The van der Waals surface area contributed by atoms with E-state index in [0.717, 1.165) is 12.3 Å². The van der Waals surface area contributed by atoms with Crippen LogP contribution in [0.1, 0.15) is 10.4 Å². The van der Waals surface area contributed by atoms with Gasteiger partial charge in [-0.15, -0.1) is 5.10 Å². The molecule has 8 heteroatoms. The van der Waals surface area contributed by atoms with Gasteiger partial charge < -0.3 is 4.74 Å². The number of hydrogen-bond donors (Lipinski definition) is 2. The number of aromatic nitrogens is 4. The van der Waals surface area contributed by atoms with Crippen LogP contribution in [0.3, 0.4) is 0 Å². The van der Waals surface area contributed by atoms with Gasteiger partial charge in [0.15, 0.2) is 0 Å². The van der Waals surface area contributed by atoms with E-state index in [9.17, 15) is 9.18 Å². The number of carbonyl (C=O) groups is 1. The second-order valence-corrected chi connectivity index (χ2v) is 3.02. The Kier molecular flexibility index (Phi) is 2.95. The molecule has 2 aromatic rings. The number of amides is 1. The Morgan fingerprint density at radius 2 is 2.35 bits per heavy atom. The molecule has 7 nitrogen and oxygen atoms in total. The number of ether oxygens (including phenoxy) is 1. The minimum absolute atomic E-state index is 0.0837. The molecular formula is C9H8FN5O2. The summed E-state index contributed by atoms with van der Waals surface area (Å²) in [5.41, 5.74) is 0.0837. The molecule has 0 aliphatic heterocycles. The zero-order chi connectivity index (χ0) is 12.3. The van der Waals surface area contributed by atoms with Crippen molar-refractivity contribution in [1.82, 2.24) is 20.2 Å². The lowest BCUT2D eigenvalue weighted by atomic mass is 10.2. The predicted molar refractivity (Wildman–Crippen MR) is 55.1 cm³/mol. The molecule has 2 N–H and O–H groups in total. The Morgan fingerprint density at radius 1 is 1.53 bits per heavy atom. The molecule has 17 heavy (non-hydrogen) atoms. The van der Waals surface area contributed by atoms with E-state index in [1.165, 1.54) is 13.3 Å². The quantitative estimate of drug-likeness (QED) is 0.815. The fourth-order valence-corrected chi connectivity index (χ4v) is 1.11. The largest absolute Gasteiger partial charge is 0.466 e. The molecule has 1 amide bonds. The zero-order valence-electron chi connectivity index (χ0n) is 8.77. The molecule has 0 fully saturated rings. The molecule has 88 valence electrons. The van der Waals surface area contributed by atoms with E-state index in [4.69, 9.17) is 4.74 Å². The summed E-state index contributed by atoms with van der Waals surface area (Å²) < 4.78 is 17.6. The number of methoxy groups -OCH3 is 1. The van der Waals surface area contributed by atoms with Crippen LogP contribution in [-0.4, -0.2) is 33.2 Å². The van der Waals surface area contributed by atoms with Crippen molar-refractivity contribution >= 4 is 11.9 Å². The highest BCUT2D eigenvalue weighted by atomic mass is 19.1. The highest BCUT2D eigenvalue weighted by Gasteiger charge is 2.10. The number of pyridine rings is 1. The average molecular weight is 237 g/mol. The summed E-state index contributed by atoms with van der Waals surface area (Å²) in [5, 5.41) is 8.46. The Morgan fingerprint density at radius 3 is 3.00 bits per heavy atom. The number of rotatable bonds is 3. The van der Waals surface area contributed by atoms with Gasteiger partial charge in [0.05, 0.1) is 18.9 Å². The van der Waals surface area contributed by atoms with Gasteiger partial charge in [-0.05, 0) is 6.07 Å². The van der Waals surface area contributed by atoms with Gasteiger partial charge in [-0.1, -0.05) is 0 Å². The van der Waals surface area contributed by atoms with Gasteiger partial charge in [0.1, 0.15) is 5.82 Å². The van der Waals surface area contributed by atoms with Gasteiger partial charge in [-0.25, -0.2) is 9.49 Å². The fraction of sp³-hybridized carbons (Fsp3) is 0.111. The summed E-state index contributed by atoms with van der Waals surface area (Å²) >= 11 is 0. The number of carbonyl (C=O) groups excluding carboxylic acids is 1. The van der Waals surface area contributed by atoms with E-state index in [-0.39, 0.29) is 17.5 Å². The molecule has 0 aliphatic rings. The van der Waals surface area contributed by atoms with Crippen LogP contribution >= 0.6 is 0 Å². The monoisotopic (exact) mass is 237 g/mol. The topological polar surface area (TPSA) is 92.8 Å². The molecular weight excluding hydrogens is 229 g/mol. The molecule has 0 radical (unpaired) electrons. The Bertz CT molecular complexity index is 542. The van der Waals surface area contributed by atoms with Crippen LogP contribution in [0.4, 0.5) is 10.3 Å². The minimum atomic E-state index is -0.590. The van der Waals surface area contributed by atoms with E-state index >= 15 is 0 Å². The van der Waals surface area contributed by atoms with E-state index in [1.54, 1.807) is 0 Å². The van der Waals surface area contributed by atoms with Crippen molar-refractivity contribution in [3.8, 4) is 6.01 Å². The van der Waals surface area contributed by atoms with Crippen LogP contribution in [0.25, 0.3) is 0 Å². The smallest absolute Gasteiger partial charge is 0.336 e.